The Morgan fingerprint density at radius 3 is 3.06 bits per heavy atom. The van der Waals surface area contributed by atoms with Crippen LogP contribution in [0.1, 0.15) is 10.6 Å². The standard InChI is InChI=1S/C12H10N4S/c1-16-12-9(3-2-4-10(12)14-15-16)5-6-11-13-7-8-17-11/h2-8H,1H3/b6-5+. The number of aryl methyl sites for hydroxylation is 1. The largest absolute Gasteiger partial charge is 0.247 e. The van der Waals surface area contributed by atoms with Gasteiger partial charge in [0.1, 0.15) is 10.5 Å². The lowest BCUT2D eigenvalue weighted by Crippen LogP contribution is -1.91. The molecular formula is C12H10N4S. The van der Waals surface area contributed by atoms with Gasteiger partial charge in [-0.1, -0.05) is 17.3 Å². The first-order chi connectivity index (χ1) is 8.34. The highest BCUT2D eigenvalue weighted by Gasteiger charge is 2.04. The average molecular weight is 242 g/mol. The third kappa shape index (κ3) is 1.85. The second-order valence-corrected chi connectivity index (χ2v) is 4.56. The van der Waals surface area contributed by atoms with Crippen LogP contribution in [0.3, 0.4) is 0 Å². The maximum atomic E-state index is 4.22. The molecule has 0 spiro atoms. The van der Waals surface area contributed by atoms with E-state index >= 15 is 0 Å². The van der Waals surface area contributed by atoms with Crippen molar-refractivity contribution in [2.75, 3.05) is 0 Å². The molecule has 0 radical (unpaired) electrons. The molecule has 0 aliphatic rings. The number of thiazole rings is 1. The SMILES string of the molecule is Cn1nnc2cccc(/C=C/c3nccs3)c21. The van der Waals surface area contributed by atoms with E-state index in [1.165, 1.54) is 0 Å². The minimum atomic E-state index is 0.911. The van der Waals surface area contributed by atoms with Crippen molar-refractivity contribution >= 4 is 34.5 Å². The third-order valence-corrected chi connectivity index (χ3v) is 3.25. The summed E-state index contributed by atoms with van der Waals surface area (Å²) in [5.41, 5.74) is 3.05. The van der Waals surface area contributed by atoms with Crippen molar-refractivity contribution in [3.05, 3.63) is 40.3 Å². The Morgan fingerprint density at radius 2 is 2.24 bits per heavy atom. The molecule has 4 nitrogen and oxygen atoms in total. The zero-order valence-corrected chi connectivity index (χ0v) is 10.1. The van der Waals surface area contributed by atoms with Gasteiger partial charge in [-0.15, -0.1) is 16.4 Å². The minimum Gasteiger partial charge on any atom is -0.247 e. The number of aromatic nitrogens is 4. The molecule has 17 heavy (non-hydrogen) atoms. The molecule has 2 aromatic heterocycles. The Balaban J connectivity index is 2.08. The lowest BCUT2D eigenvalue weighted by molar-refractivity contribution is 0.736. The van der Waals surface area contributed by atoms with Crippen molar-refractivity contribution < 1.29 is 0 Å². The summed E-state index contributed by atoms with van der Waals surface area (Å²) in [6.45, 7) is 0. The van der Waals surface area contributed by atoms with Gasteiger partial charge in [-0.3, -0.25) is 0 Å². The van der Waals surface area contributed by atoms with Crippen LogP contribution in [-0.4, -0.2) is 20.0 Å². The summed E-state index contributed by atoms with van der Waals surface area (Å²) in [6.07, 6.45) is 5.85. The number of hydrogen-bond donors (Lipinski definition) is 0. The first kappa shape index (κ1) is 10.2. The lowest BCUT2D eigenvalue weighted by atomic mass is 10.1. The Morgan fingerprint density at radius 1 is 1.29 bits per heavy atom. The average Bonchev–Trinajstić information content (AvgIpc) is 2.97. The molecule has 3 rings (SSSR count). The maximum absolute atomic E-state index is 4.22. The number of hydrogen-bond acceptors (Lipinski definition) is 4. The van der Waals surface area contributed by atoms with Crippen LogP contribution >= 0.6 is 11.3 Å². The molecule has 0 N–H and O–H groups in total. The van der Waals surface area contributed by atoms with Crippen LogP contribution in [0.5, 0.6) is 0 Å². The molecule has 84 valence electrons. The summed E-state index contributed by atoms with van der Waals surface area (Å²) in [4.78, 5) is 4.22. The highest BCUT2D eigenvalue weighted by molar-refractivity contribution is 7.10. The molecule has 0 bridgehead atoms. The minimum absolute atomic E-state index is 0.911. The van der Waals surface area contributed by atoms with Crippen LogP contribution in [0.2, 0.25) is 0 Å². The van der Waals surface area contributed by atoms with Gasteiger partial charge in [0, 0.05) is 24.2 Å². The third-order valence-electron chi connectivity index (χ3n) is 2.51. The maximum Gasteiger partial charge on any atom is 0.116 e. The summed E-state index contributed by atoms with van der Waals surface area (Å²) in [6, 6.07) is 6.00. The second kappa shape index (κ2) is 4.10. The highest BCUT2D eigenvalue weighted by atomic mass is 32.1. The van der Waals surface area contributed by atoms with Crippen LogP contribution in [0.4, 0.5) is 0 Å². The first-order valence-electron chi connectivity index (χ1n) is 5.20. The van der Waals surface area contributed by atoms with Crippen LogP contribution < -0.4 is 0 Å². The van der Waals surface area contributed by atoms with E-state index in [0.717, 1.165) is 21.6 Å². The number of nitrogens with zero attached hydrogens (tertiary/aromatic N) is 4. The number of para-hydroxylation sites is 1. The van der Waals surface area contributed by atoms with Gasteiger partial charge in [0.05, 0.1) is 5.52 Å². The van der Waals surface area contributed by atoms with E-state index in [-0.39, 0.29) is 0 Å². The molecule has 0 aliphatic heterocycles. The molecule has 0 saturated carbocycles. The zero-order chi connectivity index (χ0) is 11.7. The van der Waals surface area contributed by atoms with E-state index in [9.17, 15) is 0 Å². The lowest BCUT2D eigenvalue weighted by Gasteiger charge is -1.97. The van der Waals surface area contributed by atoms with Gasteiger partial charge in [0.25, 0.3) is 0 Å². The predicted molar refractivity (Wildman–Crippen MR) is 69.6 cm³/mol. The second-order valence-electron chi connectivity index (χ2n) is 3.63. The predicted octanol–water partition coefficient (Wildman–Crippen LogP) is 2.60. The number of benzene rings is 1. The fourth-order valence-electron chi connectivity index (χ4n) is 1.75. The van der Waals surface area contributed by atoms with Gasteiger partial charge >= 0.3 is 0 Å². The summed E-state index contributed by atoms with van der Waals surface area (Å²) in [7, 11) is 1.90. The van der Waals surface area contributed by atoms with E-state index in [4.69, 9.17) is 0 Å². The fraction of sp³-hybridized carbons (Fsp3) is 0.0833. The summed E-state index contributed by atoms with van der Waals surface area (Å²) >= 11 is 1.62. The van der Waals surface area contributed by atoms with Crippen molar-refractivity contribution in [2.24, 2.45) is 7.05 Å². The Kier molecular flexibility index (Phi) is 2.45. The van der Waals surface area contributed by atoms with Gasteiger partial charge in [-0.2, -0.15) is 0 Å². The first-order valence-corrected chi connectivity index (χ1v) is 6.08. The van der Waals surface area contributed by atoms with Crippen LogP contribution in [0.15, 0.2) is 29.8 Å². The number of rotatable bonds is 2. The summed E-state index contributed by atoms with van der Waals surface area (Å²) in [5.74, 6) is 0. The van der Waals surface area contributed by atoms with Gasteiger partial charge in [0.15, 0.2) is 0 Å². The smallest absolute Gasteiger partial charge is 0.116 e. The van der Waals surface area contributed by atoms with E-state index in [0.29, 0.717) is 0 Å². The Hall–Kier alpha value is -2.01. The van der Waals surface area contributed by atoms with Gasteiger partial charge in [-0.05, 0) is 18.2 Å². The van der Waals surface area contributed by atoms with Crippen molar-refractivity contribution in [3.8, 4) is 0 Å². The van der Waals surface area contributed by atoms with Gasteiger partial charge < -0.3 is 0 Å². The summed E-state index contributed by atoms with van der Waals surface area (Å²) in [5, 5.41) is 11.1. The van der Waals surface area contributed by atoms with Crippen LogP contribution in [-0.2, 0) is 7.05 Å². The van der Waals surface area contributed by atoms with E-state index in [1.807, 2.05) is 36.7 Å². The highest BCUT2D eigenvalue weighted by Crippen LogP contribution is 2.18. The van der Waals surface area contributed by atoms with Crippen LogP contribution in [0.25, 0.3) is 23.2 Å². The molecule has 0 aliphatic carbocycles. The molecule has 0 amide bonds. The fourth-order valence-corrected chi connectivity index (χ4v) is 2.28. The quantitative estimate of drug-likeness (QED) is 0.693. The molecule has 3 aromatic rings. The monoisotopic (exact) mass is 242 g/mol. The van der Waals surface area contributed by atoms with E-state index < -0.39 is 0 Å². The van der Waals surface area contributed by atoms with E-state index in [1.54, 1.807) is 22.2 Å². The summed E-state index contributed by atoms with van der Waals surface area (Å²) < 4.78 is 1.79. The molecule has 0 saturated heterocycles. The zero-order valence-electron chi connectivity index (χ0n) is 9.24. The number of fused-ring (bicyclic) bond motifs is 1. The Bertz CT molecular complexity index is 667. The molecule has 5 heteroatoms. The topological polar surface area (TPSA) is 43.6 Å². The van der Waals surface area contributed by atoms with E-state index in [2.05, 4.69) is 21.4 Å². The molecule has 1 aromatic carbocycles. The van der Waals surface area contributed by atoms with Gasteiger partial charge in [-0.25, -0.2) is 9.67 Å². The van der Waals surface area contributed by atoms with Crippen molar-refractivity contribution in [3.63, 3.8) is 0 Å². The van der Waals surface area contributed by atoms with Crippen molar-refractivity contribution in [2.45, 2.75) is 0 Å². The molecule has 2 heterocycles. The molecule has 0 unspecified atom stereocenters. The Labute approximate surface area is 102 Å². The molecular weight excluding hydrogens is 232 g/mol. The molecule has 0 atom stereocenters. The normalized spacial score (nSPS) is 11.6. The molecule has 0 fully saturated rings. The van der Waals surface area contributed by atoms with Crippen molar-refractivity contribution in [1.82, 2.24) is 20.0 Å². The van der Waals surface area contributed by atoms with Crippen molar-refractivity contribution in [1.29, 1.82) is 0 Å². The van der Waals surface area contributed by atoms with Crippen LogP contribution in [0, 0.1) is 0 Å². The van der Waals surface area contributed by atoms with Gasteiger partial charge in [0.2, 0.25) is 0 Å².